The molecule has 0 radical (unpaired) electrons. The summed E-state index contributed by atoms with van der Waals surface area (Å²) in [4.78, 5) is 48.2. The average molecular weight is 826 g/mol. The fourth-order valence-electron chi connectivity index (χ4n) is 7.02. The van der Waals surface area contributed by atoms with Gasteiger partial charge in [-0.25, -0.2) is 19.5 Å². The molecule has 3 rings (SSSR count). The summed E-state index contributed by atoms with van der Waals surface area (Å²) < 4.78 is 41.8. The number of aliphatic hydroxyl groups is 1. The van der Waals surface area contributed by atoms with Crippen molar-refractivity contribution in [2.45, 2.75) is 199 Å². The van der Waals surface area contributed by atoms with Crippen molar-refractivity contribution in [1.29, 1.82) is 0 Å². The van der Waals surface area contributed by atoms with E-state index >= 15 is 0 Å². The van der Waals surface area contributed by atoms with E-state index in [1.54, 1.807) is 0 Å². The lowest BCUT2D eigenvalue weighted by atomic mass is 10.1. The van der Waals surface area contributed by atoms with Crippen molar-refractivity contribution in [2.75, 3.05) is 25.6 Å². The first-order chi connectivity index (χ1) is 27.6. The Labute approximate surface area is 340 Å². The van der Waals surface area contributed by atoms with E-state index in [9.17, 15) is 24.2 Å². The highest BCUT2D eigenvalue weighted by Crippen LogP contribution is 2.44. The highest BCUT2D eigenvalue weighted by atomic mass is 31.2. The summed E-state index contributed by atoms with van der Waals surface area (Å²) >= 11 is 0. The van der Waals surface area contributed by atoms with Crippen LogP contribution in [0.4, 0.5) is 5.82 Å². The van der Waals surface area contributed by atoms with E-state index in [2.05, 4.69) is 28.8 Å². The molecule has 1 aliphatic rings. The molecule has 16 heteroatoms. The van der Waals surface area contributed by atoms with Gasteiger partial charge in [-0.3, -0.25) is 23.2 Å². The molecule has 2 aromatic heterocycles. The number of hydrogen-bond acceptors (Lipinski definition) is 13. The number of aromatic nitrogens is 4. The summed E-state index contributed by atoms with van der Waals surface area (Å²) in [6, 6.07) is 0. The van der Waals surface area contributed by atoms with Gasteiger partial charge < -0.3 is 29.9 Å². The maximum Gasteiger partial charge on any atom is 0.472 e. The summed E-state index contributed by atoms with van der Waals surface area (Å²) in [6.45, 7) is 3.24. The molecule has 0 aromatic carbocycles. The molecule has 1 saturated heterocycles. The van der Waals surface area contributed by atoms with Gasteiger partial charge in [0.1, 0.15) is 24.6 Å². The first kappa shape index (κ1) is 48.7. The lowest BCUT2D eigenvalue weighted by Crippen LogP contribution is -2.29. The maximum atomic E-state index is 12.9. The number of anilines is 1. The third-order valence-electron chi connectivity index (χ3n) is 10.4. The van der Waals surface area contributed by atoms with Crippen LogP contribution < -0.4 is 5.73 Å². The number of nitrogens with zero attached hydrogens (tertiary/aromatic N) is 4. The molecule has 5 atom stereocenters. The number of unbranched alkanes of at least 4 members (excludes halogenated alkanes) is 20. The number of carbonyl (C=O) groups is 2. The molecule has 15 nitrogen and oxygen atoms in total. The van der Waals surface area contributed by atoms with Crippen molar-refractivity contribution in [3.63, 3.8) is 0 Å². The van der Waals surface area contributed by atoms with Crippen LogP contribution in [0.3, 0.4) is 0 Å². The van der Waals surface area contributed by atoms with E-state index in [0.717, 1.165) is 38.5 Å². The Hall–Kier alpha value is -2.68. The quantitative estimate of drug-likeness (QED) is 0.0342. The second-order valence-corrected chi connectivity index (χ2v) is 16.9. The van der Waals surface area contributed by atoms with Gasteiger partial charge in [0, 0.05) is 19.3 Å². The third kappa shape index (κ3) is 20.2. The Bertz CT molecular complexity index is 1450. The second kappa shape index (κ2) is 28.7. The molecule has 3 heterocycles. The van der Waals surface area contributed by atoms with Crippen molar-refractivity contribution >= 4 is 36.7 Å². The van der Waals surface area contributed by atoms with Crippen LogP contribution in [-0.4, -0.2) is 79.6 Å². The highest BCUT2D eigenvalue weighted by molar-refractivity contribution is 7.47. The molecule has 2 unspecified atom stereocenters. The Balaban J connectivity index is 1.40. The van der Waals surface area contributed by atoms with E-state index < -0.39 is 50.9 Å². The number of esters is 2. The topological polar surface area (TPSA) is 207 Å². The van der Waals surface area contributed by atoms with Gasteiger partial charge in [0.25, 0.3) is 0 Å². The summed E-state index contributed by atoms with van der Waals surface area (Å²) in [5.41, 5.74) is 6.60. The standard InChI is InChI=1S/C41H72N5O10P/c1-3-5-7-9-11-13-15-17-19-21-23-25-36(48)52-28-34(55-37(49)26-24-22-20-18-16-14-12-10-8-6-4-2)30-54-57(50,51)53-29-33-27-35(47)41(56-33)46-32-45-38-39(42)43-31-44-40(38)46/h31-35,41,47H,3-30H2,1-2H3,(H,50,51)(H2,42,43,44)/t33-,34?,35+,41+/m0/s1. The first-order valence-electron chi connectivity index (χ1n) is 21.9. The molecule has 57 heavy (non-hydrogen) atoms. The second-order valence-electron chi connectivity index (χ2n) is 15.5. The van der Waals surface area contributed by atoms with Gasteiger partial charge in [0.05, 0.1) is 25.6 Å². The van der Waals surface area contributed by atoms with E-state index in [-0.39, 0.29) is 38.3 Å². The molecule has 0 bridgehead atoms. The van der Waals surface area contributed by atoms with E-state index in [0.29, 0.717) is 24.0 Å². The lowest BCUT2D eigenvalue weighted by molar-refractivity contribution is -0.161. The predicted octanol–water partition coefficient (Wildman–Crippen LogP) is 9.05. The predicted molar refractivity (Wildman–Crippen MR) is 219 cm³/mol. The largest absolute Gasteiger partial charge is 0.472 e. The zero-order valence-electron chi connectivity index (χ0n) is 34.7. The Morgan fingerprint density at radius 1 is 0.789 bits per heavy atom. The normalized spacial score (nSPS) is 18.5. The minimum Gasteiger partial charge on any atom is -0.462 e. The summed E-state index contributed by atoms with van der Waals surface area (Å²) in [7, 11) is -4.67. The highest BCUT2D eigenvalue weighted by Gasteiger charge is 2.38. The maximum absolute atomic E-state index is 12.9. The number of aliphatic hydroxyl groups excluding tert-OH is 1. The van der Waals surface area contributed by atoms with Crippen molar-refractivity contribution in [1.82, 2.24) is 19.5 Å². The number of ether oxygens (including phenoxy) is 3. The van der Waals surface area contributed by atoms with Crippen LogP contribution in [0, 0.1) is 0 Å². The van der Waals surface area contributed by atoms with E-state index in [4.69, 9.17) is 29.0 Å². The van der Waals surface area contributed by atoms with Crippen LogP contribution >= 0.6 is 7.82 Å². The van der Waals surface area contributed by atoms with Crippen molar-refractivity contribution < 1.29 is 47.4 Å². The molecule has 0 spiro atoms. The van der Waals surface area contributed by atoms with Gasteiger partial charge in [0.15, 0.2) is 23.8 Å². The van der Waals surface area contributed by atoms with Gasteiger partial charge >= 0.3 is 19.8 Å². The number of nitrogens with two attached hydrogens (primary N) is 1. The Morgan fingerprint density at radius 3 is 1.88 bits per heavy atom. The summed E-state index contributed by atoms with van der Waals surface area (Å²) in [6.07, 6.45) is 24.9. The Morgan fingerprint density at radius 2 is 1.32 bits per heavy atom. The fraction of sp³-hybridized carbons (Fsp3) is 0.829. The zero-order chi connectivity index (χ0) is 41.1. The third-order valence-corrected chi connectivity index (χ3v) is 11.3. The lowest BCUT2D eigenvalue weighted by Gasteiger charge is -2.21. The smallest absolute Gasteiger partial charge is 0.462 e. The monoisotopic (exact) mass is 826 g/mol. The molecular formula is C41H72N5O10P. The van der Waals surface area contributed by atoms with Gasteiger partial charge in [0.2, 0.25) is 0 Å². The van der Waals surface area contributed by atoms with Crippen LogP contribution in [0.25, 0.3) is 11.2 Å². The van der Waals surface area contributed by atoms with Gasteiger partial charge in [-0.05, 0) is 12.8 Å². The van der Waals surface area contributed by atoms with Gasteiger partial charge in [-0.1, -0.05) is 142 Å². The van der Waals surface area contributed by atoms with Crippen molar-refractivity contribution in [2.24, 2.45) is 0 Å². The number of nitrogen functional groups attached to an aromatic ring is 1. The summed E-state index contributed by atoms with van der Waals surface area (Å²) in [5, 5.41) is 10.7. The van der Waals surface area contributed by atoms with E-state index in [1.807, 2.05) is 0 Å². The van der Waals surface area contributed by atoms with Crippen LogP contribution in [-0.2, 0) is 37.4 Å². The number of carbonyl (C=O) groups excluding carboxylic acids is 2. The van der Waals surface area contributed by atoms with Crippen LogP contribution in [0.1, 0.15) is 181 Å². The first-order valence-corrected chi connectivity index (χ1v) is 23.4. The van der Waals surface area contributed by atoms with Crippen LogP contribution in [0.5, 0.6) is 0 Å². The Kier molecular flexibility index (Phi) is 24.5. The molecule has 326 valence electrons. The number of phosphoric acid groups is 1. The molecule has 2 aromatic rings. The number of rotatable bonds is 34. The molecule has 0 aliphatic carbocycles. The number of phosphoric ester groups is 1. The zero-order valence-corrected chi connectivity index (χ0v) is 35.6. The minimum absolute atomic E-state index is 0.0965. The number of imidazole rings is 1. The SMILES string of the molecule is CCCCCCCCCCCCCC(=O)OCC(COP(=O)(O)OC[C@@H]1C[C@@H](O)[C@H](n2cnc3c(N)ncnc32)O1)OC(=O)CCCCCCCCCCCCC. The fourth-order valence-corrected chi connectivity index (χ4v) is 7.81. The van der Waals surface area contributed by atoms with Crippen LogP contribution in [0.15, 0.2) is 12.7 Å². The molecule has 1 aliphatic heterocycles. The minimum atomic E-state index is -4.67. The molecule has 4 N–H and O–H groups in total. The van der Waals surface area contributed by atoms with Gasteiger partial charge in [-0.15, -0.1) is 0 Å². The van der Waals surface area contributed by atoms with Crippen molar-refractivity contribution in [3.8, 4) is 0 Å². The van der Waals surface area contributed by atoms with E-state index in [1.165, 1.54) is 107 Å². The average Bonchev–Trinajstić information content (AvgIpc) is 3.79. The summed E-state index contributed by atoms with van der Waals surface area (Å²) in [5.74, 6) is -0.734. The van der Waals surface area contributed by atoms with Crippen LogP contribution in [0.2, 0.25) is 0 Å². The van der Waals surface area contributed by atoms with Crippen molar-refractivity contribution in [3.05, 3.63) is 12.7 Å². The molecular weight excluding hydrogens is 753 g/mol. The molecule has 0 amide bonds. The molecule has 1 fully saturated rings. The number of hydrogen-bond donors (Lipinski definition) is 3. The van der Waals surface area contributed by atoms with Gasteiger partial charge in [-0.2, -0.15) is 0 Å². The molecule has 0 saturated carbocycles. The number of fused-ring (bicyclic) bond motifs is 1.